The Bertz CT molecular complexity index is 460. The SMILES string of the molecule is CCOc1c(Br)cc(-c2ncc[nH]2)cc1Br. The van der Waals surface area contributed by atoms with Gasteiger partial charge in [0.2, 0.25) is 0 Å². The monoisotopic (exact) mass is 344 g/mol. The second-order valence-corrected chi connectivity index (χ2v) is 4.85. The van der Waals surface area contributed by atoms with E-state index in [2.05, 4.69) is 41.8 Å². The van der Waals surface area contributed by atoms with E-state index >= 15 is 0 Å². The third kappa shape index (κ3) is 2.30. The number of nitrogens with one attached hydrogen (secondary N) is 1. The van der Waals surface area contributed by atoms with E-state index in [1.807, 2.05) is 19.1 Å². The molecule has 0 unspecified atom stereocenters. The predicted molar refractivity (Wildman–Crippen MR) is 70.6 cm³/mol. The van der Waals surface area contributed by atoms with Crippen LogP contribution in [-0.2, 0) is 0 Å². The number of nitrogens with zero attached hydrogens (tertiary/aromatic N) is 1. The summed E-state index contributed by atoms with van der Waals surface area (Å²) in [5.74, 6) is 1.65. The number of ether oxygens (including phenoxy) is 1. The highest BCUT2D eigenvalue weighted by atomic mass is 79.9. The molecule has 2 rings (SSSR count). The number of rotatable bonds is 3. The zero-order chi connectivity index (χ0) is 11.5. The standard InChI is InChI=1S/C11H10Br2N2O/c1-2-16-10-8(12)5-7(6-9(10)13)11-14-3-4-15-11/h3-6H,2H2,1H3,(H,14,15). The first-order valence-corrected chi connectivity index (χ1v) is 6.42. The Morgan fingerprint density at radius 2 is 2.00 bits per heavy atom. The first-order chi connectivity index (χ1) is 7.72. The Labute approximate surface area is 110 Å². The van der Waals surface area contributed by atoms with Crippen molar-refractivity contribution < 1.29 is 4.74 Å². The van der Waals surface area contributed by atoms with Gasteiger partial charge in [-0.15, -0.1) is 0 Å². The summed E-state index contributed by atoms with van der Waals surface area (Å²) < 4.78 is 7.34. The van der Waals surface area contributed by atoms with Crippen molar-refractivity contribution in [2.75, 3.05) is 6.61 Å². The molecule has 0 aliphatic heterocycles. The Morgan fingerprint density at radius 3 is 2.50 bits per heavy atom. The van der Waals surface area contributed by atoms with Crippen LogP contribution in [-0.4, -0.2) is 16.6 Å². The second kappa shape index (κ2) is 5.01. The summed E-state index contributed by atoms with van der Waals surface area (Å²) in [5, 5.41) is 0. The number of aromatic amines is 1. The molecule has 0 atom stereocenters. The van der Waals surface area contributed by atoms with Crippen LogP contribution in [0.5, 0.6) is 5.75 Å². The van der Waals surface area contributed by atoms with Crippen LogP contribution in [0, 0.1) is 0 Å². The molecule has 1 aromatic carbocycles. The molecule has 84 valence electrons. The number of hydrogen-bond acceptors (Lipinski definition) is 2. The van der Waals surface area contributed by atoms with Crippen LogP contribution in [0.1, 0.15) is 6.92 Å². The summed E-state index contributed by atoms with van der Waals surface area (Å²) in [5.41, 5.74) is 1.01. The molecular weight excluding hydrogens is 336 g/mol. The van der Waals surface area contributed by atoms with E-state index < -0.39 is 0 Å². The lowest BCUT2D eigenvalue weighted by atomic mass is 10.2. The fraction of sp³-hybridized carbons (Fsp3) is 0.182. The van der Waals surface area contributed by atoms with Crippen molar-refractivity contribution in [2.45, 2.75) is 6.92 Å². The highest BCUT2D eigenvalue weighted by Gasteiger charge is 2.10. The van der Waals surface area contributed by atoms with E-state index in [9.17, 15) is 0 Å². The van der Waals surface area contributed by atoms with Crippen LogP contribution >= 0.6 is 31.9 Å². The topological polar surface area (TPSA) is 37.9 Å². The molecule has 3 nitrogen and oxygen atoms in total. The van der Waals surface area contributed by atoms with Gasteiger partial charge in [-0.25, -0.2) is 4.98 Å². The quantitative estimate of drug-likeness (QED) is 0.912. The number of halogens is 2. The molecule has 0 bridgehead atoms. The third-order valence-corrected chi connectivity index (χ3v) is 3.24. The van der Waals surface area contributed by atoms with Gasteiger partial charge in [0.25, 0.3) is 0 Å². The molecule has 1 heterocycles. The Balaban J connectivity index is 2.45. The van der Waals surface area contributed by atoms with Gasteiger partial charge in [-0.1, -0.05) is 0 Å². The van der Waals surface area contributed by atoms with Crippen molar-refractivity contribution in [3.05, 3.63) is 33.5 Å². The molecule has 0 radical (unpaired) electrons. The summed E-state index contributed by atoms with van der Waals surface area (Å²) in [6.07, 6.45) is 3.53. The van der Waals surface area contributed by atoms with Gasteiger partial charge in [0.1, 0.15) is 11.6 Å². The summed E-state index contributed by atoms with van der Waals surface area (Å²) in [4.78, 5) is 7.27. The van der Waals surface area contributed by atoms with Gasteiger partial charge in [0, 0.05) is 18.0 Å². The smallest absolute Gasteiger partial charge is 0.147 e. The minimum absolute atomic E-state index is 0.636. The molecule has 0 fully saturated rings. The highest BCUT2D eigenvalue weighted by molar-refractivity contribution is 9.11. The summed E-state index contributed by atoms with van der Waals surface area (Å²) in [7, 11) is 0. The summed E-state index contributed by atoms with van der Waals surface area (Å²) in [6.45, 7) is 2.59. The van der Waals surface area contributed by atoms with Crippen molar-refractivity contribution >= 4 is 31.9 Å². The second-order valence-electron chi connectivity index (χ2n) is 3.14. The van der Waals surface area contributed by atoms with Crippen molar-refractivity contribution in [3.63, 3.8) is 0 Å². The molecule has 0 aliphatic rings. The lowest BCUT2D eigenvalue weighted by Gasteiger charge is -2.09. The van der Waals surface area contributed by atoms with Crippen molar-refractivity contribution in [1.82, 2.24) is 9.97 Å². The van der Waals surface area contributed by atoms with Crippen LogP contribution in [0.3, 0.4) is 0 Å². The third-order valence-electron chi connectivity index (χ3n) is 2.06. The zero-order valence-corrected chi connectivity index (χ0v) is 11.8. The first-order valence-electron chi connectivity index (χ1n) is 4.84. The van der Waals surface area contributed by atoms with E-state index in [0.717, 1.165) is 26.1 Å². The minimum Gasteiger partial charge on any atom is -0.492 e. The summed E-state index contributed by atoms with van der Waals surface area (Å²) >= 11 is 6.98. The Kier molecular flexibility index (Phi) is 3.66. The van der Waals surface area contributed by atoms with Crippen LogP contribution in [0.4, 0.5) is 0 Å². The predicted octanol–water partition coefficient (Wildman–Crippen LogP) is 4.00. The maximum Gasteiger partial charge on any atom is 0.147 e. The largest absolute Gasteiger partial charge is 0.492 e. The van der Waals surface area contributed by atoms with Crippen LogP contribution < -0.4 is 4.74 Å². The minimum atomic E-state index is 0.636. The molecule has 0 saturated heterocycles. The van der Waals surface area contributed by atoms with Gasteiger partial charge in [0.05, 0.1) is 15.6 Å². The first kappa shape index (κ1) is 11.7. The highest BCUT2D eigenvalue weighted by Crippen LogP contribution is 2.37. The van der Waals surface area contributed by atoms with E-state index in [1.165, 1.54) is 0 Å². The lowest BCUT2D eigenvalue weighted by molar-refractivity contribution is 0.336. The fourth-order valence-electron chi connectivity index (χ4n) is 1.40. The van der Waals surface area contributed by atoms with E-state index in [4.69, 9.17) is 4.74 Å². The molecule has 0 aliphatic carbocycles. The van der Waals surface area contributed by atoms with Crippen molar-refractivity contribution in [2.24, 2.45) is 0 Å². The van der Waals surface area contributed by atoms with Crippen LogP contribution in [0.25, 0.3) is 11.4 Å². The zero-order valence-electron chi connectivity index (χ0n) is 8.63. The molecule has 0 spiro atoms. The molecular formula is C11H10Br2N2O. The molecule has 2 aromatic rings. The number of imidazole rings is 1. The van der Waals surface area contributed by atoms with E-state index in [-0.39, 0.29) is 0 Å². The fourth-order valence-corrected chi connectivity index (χ4v) is 2.82. The molecule has 0 saturated carbocycles. The number of benzene rings is 1. The van der Waals surface area contributed by atoms with Crippen molar-refractivity contribution in [3.8, 4) is 17.1 Å². The Morgan fingerprint density at radius 1 is 1.31 bits per heavy atom. The average Bonchev–Trinajstić information content (AvgIpc) is 2.76. The Hall–Kier alpha value is -0.810. The van der Waals surface area contributed by atoms with Crippen molar-refractivity contribution in [1.29, 1.82) is 0 Å². The van der Waals surface area contributed by atoms with E-state index in [0.29, 0.717) is 6.61 Å². The molecule has 0 amide bonds. The van der Waals surface area contributed by atoms with E-state index in [1.54, 1.807) is 12.4 Å². The normalized spacial score (nSPS) is 10.4. The van der Waals surface area contributed by atoms with Crippen LogP contribution in [0.15, 0.2) is 33.5 Å². The summed E-state index contributed by atoms with van der Waals surface area (Å²) in [6, 6.07) is 3.96. The van der Waals surface area contributed by atoms with Crippen LogP contribution in [0.2, 0.25) is 0 Å². The number of H-pyrrole nitrogens is 1. The van der Waals surface area contributed by atoms with Gasteiger partial charge in [-0.05, 0) is 50.9 Å². The van der Waals surface area contributed by atoms with Gasteiger partial charge >= 0.3 is 0 Å². The van der Waals surface area contributed by atoms with Gasteiger partial charge < -0.3 is 9.72 Å². The maximum atomic E-state index is 5.52. The molecule has 1 aromatic heterocycles. The lowest BCUT2D eigenvalue weighted by Crippen LogP contribution is -1.94. The molecule has 5 heteroatoms. The number of aromatic nitrogens is 2. The van der Waals surface area contributed by atoms with Gasteiger partial charge in [-0.2, -0.15) is 0 Å². The number of hydrogen-bond donors (Lipinski definition) is 1. The molecule has 1 N–H and O–H groups in total. The van der Waals surface area contributed by atoms with Gasteiger partial charge in [0.15, 0.2) is 0 Å². The molecule has 16 heavy (non-hydrogen) atoms. The van der Waals surface area contributed by atoms with Gasteiger partial charge in [-0.3, -0.25) is 0 Å². The maximum absolute atomic E-state index is 5.52. The average molecular weight is 346 g/mol.